The molecule has 20 heavy (non-hydrogen) atoms. The van der Waals surface area contributed by atoms with Gasteiger partial charge >= 0.3 is 5.97 Å². The van der Waals surface area contributed by atoms with E-state index in [0.717, 1.165) is 18.6 Å². The predicted octanol–water partition coefficient (Wildman–Crippen LogP) is 3.70. The number of carbonyl (C=O) groups excluding carboxylic acids is 1. The molecule has 0 bridgehead atoms. The van der Waals surface area contributed by atoms with Crippen LogP contribution in [0.15, 0.2) is 18.2 Å². The van der Waals surface area contributed by atoms with E-state index in [1.165, 1.54) is 18.2 Å². The van der Waals surface area contributed by atoms with Crippen LogP contribution in [-0.2, 0) is 9.53 Å². The molecule has 0 saturated heterocycles. The van der Waals surface area contributed by atoms with Gasteiger partial charge in [-0.3, -0.25) is 4.79 Å². The third kappa shape index (κ3) is 3.33. The molecular formula is C17H24O3. The summed E-state index contributed by atoms with van der Waals surface area (Å²) in [5.41, 5.74) is 2.50. The second kappa shape index (κ2) is 6.29. The lowest BCUT2D eigenvalue weighted by Gasteiger charge is -2.17. The van der Waals surface area contributed by atoms with Crippen LogP contribution in [-0.4, -0.2) is 19.7 Å². The maximum atomic E-state index is 11.5. The lowest BCUT2D eigenvalue weighted by atomic mass is 9.92. The first-order valence-electron chi connectivity index (χ1n) is 7.38. The van der Waals surface area contributed by atoms with Crippen LogP contribution in [0.4, 0.5) is 0 Å². The van der Waals surface area contributed by atoms with Crippen molar-refractivity contribution in [3.05, 3.63) is 29.3 Å². The Morgan fingerprint density at radius 1 is 1.45 bits per heavy atom. The van der Waals surface area contributed by atoms with E-state index in [1.807, 2.05) is 6.92 Å². The van der Waals surface area contributed by atoms with Gasteiger partial charge in [0.1, 0.15) is 5.75 Å². The van der Waals surface area contributed by atoms with Crippen molar-refractivity contribution in [1.82, 2.24) is 0 Å². The van der Waals surface area contributed by atoms with Crippen molar-refractivity contribution in [2.45, 2.75) is 39.5 Å². The van der Waals surface area contributed by atoms with Crippen molar-refractivity contribution in [2.75, 3.05) is 13.7 Å². The zero-order valence-corrected chi connectivity index (χ0v) is 12.8. The van der Waals surface area contributed by atoms with Crippen LogP contribution >= 0.6 is 0 Å². The van der Waals surface area contributed by atoms with Gasteiger partial charge in [0.25, 0.3) is 0 Å². The highest BCUT2D eigenvalue weighted by Crippen LogP contribution is 2.46. The molecule has 1 aliphatic carbocycles. The molecule has 1 aromatic carbocycles. The van der Waals surface area contributed by atoms with Gasteiger partial charge in [0.15, 0.2) is 0 Å². The molecule has 0 amide bonds. The van der Waals surface area contributed by atoms with Crippen LogP contribution in [0.1, 0.15) is 43.7 Å². The first-order chi connectivity index (χ1) is 9.56. The van der Waals surface area contributed by atoms with Gasteiger partial charge in [-0.2, -0.15) is 0 Å². The lowest BCUT2D eigenvalue weighted by molar-refractivity contribution is -0.142. The molecule has 0 heterocycles. The molecule has 1 aliphatic rings. The fourth-order valence-corrected chi connectivity index (χ4v) is 2.87. The number of methoxy groups -OCH3 is 1. The molecule has 0 aliphatic heterocycles. The molecule has 1 fully saturated rings. The summed E-state index contributed by atoms with van der Waals surface area (Å²) in [6, 6.07) is 6.33. The number of aryl methyl sites for hydroxylation is 1. The topological polar surface area (TPSA) is 35.5 Å². The Labute approximate surface area is 121 Å². The summed E-state index contributed by atoms with van der Waals surface area (Å²) in [5, 5.41) is 0. The fourth-order valence-electron chi connectivity index (χ4n) is 2.87. The molecular weight excluding hydrogens is 252 g/mol. The van der Waals surface area contributed by atoms with E-state index in [1.54, 1.807) is 0 Å². The summed E-state index contributed by atoms with van der Waals surface area (Å²) in [6.07, 6.45) is 1.98. The van der Waals surface area contributed by atoms with Gasteiger partial charge in [-0.15, -0.1) is 0 Å². The maximum Gasteiger partial charge on any atom is 0.308 e. The number of carbonyl (C=O) groups is 1. The minimum Gasteiger partial charge on any atom is -0.494 e. The molecule has 3 heteroatoms. The number of hydrogen-bond acceptors (Lipinski definition) is 3. The quantitative estimate of drug-likeness (QED) is 0.743. The van der Waals surface area contributed by atoms with Gasteiger partial charge in [0.2, 0.25) is 0 Å². The van der Waals surface area contributed by atoms with Crippen LogP contribution in [0, 0.1) is 18.8 Å². The molecule has 1 saturated carbocycles. The molecule has 0 radical (unpaired) electrons. The molecule has 3 unspecified atom stereocenters. The molecule has 0 aromatic heterocycles. The number of ether oxygens (including phenoxy) is 2. The smallest absolute Gasteiger partial charge is 0.308 e. The van der Waals surface area contributed by atoms with Crippen molar-refractivity contribution >= 4 is 5.97 Å². The highest BCUT2D eigenvalue weighted by Gasteiger charge is 2.44. The summed E-state index contributed by atoms with van der Waals surface area (Å²) in [5.74, 6) is 1.89. The Morgan fingerprint density at radius 2 is 2.20 bits per heavy atom. The summed E-state index contributed by atoms with van der Waals surface area (Å²) in [6.45, 7) is 6.99. The summed E-state index contributed by atoms with van der Waals surface area (Å²) in [7, 11) is 1.47. The average Bonchev–Trinajstić information content (AvgIpc) is 3.19. The van der Waals surface area contributed by atoms with E-state index in [0.29, 0.717) is 18.4 Å². The molecule has 110 valence electrons. The maximum absolute atomic E-state index is 11.5. The highest BCUT2D eigenvalue weighted by atomic mass is 16.5. The second-order valence-electron chi connectivity index (χ2n) is 5.74. The van der Waals surface area contributed by atoms with E-state index in [-0.39, 0.29) is 11.9 Å². The predicted molar refractivity (Wildman–Crippen MR) is 79.0 cm³/mol. The van der Waals surface area contributed by atoms with Crippen LogP contribution in [0.3, 0.4) is 0 Å². The Balaban J connectivity index is 2.04. The van der Waals surface area contributed by atoms with E-state index in [2.05, 4.69) is 32.0 Å². The van der Waals surface area contributed by atoms with Gasteiger partial charge in [-0.1, -0.05) is 24.6 Å². The normalized spacial score (nSPS) is 22.2. The molecule has 3 nitrogen and oxygen atoms in total. The van der Waals surface area contributed by atoms with E-state index >= 15 is 0 Å². The minimum absolute atomic E-state index is 0.0588. The summed E-state index contributed by atoms with van der Waals surface area (Å²) >= 11 is 0. The SMILES string of the molecule is CCOc1ccc(C)cc1C(C)CC1CC1C(=O)OC. The van der Waals surface area contributed by atoms with Gasteiger partial charge in [-0.05, 0) is 50.2 Å². The standard InChI is InChI=1S/C17H24O3/c1-5-20-16-7-6-11(2)8-14(16)12(3)9-13-10-15(13)17(18)19-4/h6-8,12-13,15H,5,9-10H2,1-4H3. The van der Waals surface area contributed by atoms with Crippen molar-refractivity contribution in [3.63, 3.8) is 0 Å². The van der Waals surface area contributed by atoms with Gasteiger partial charge in [-0.25, -0.2) is 0 Å². The Bertz CT molecular complexity index is 481. The molecule has 2 rings (SSSR count). The van der Waals surface area contributed by atoms with E-state index < -0.39 is 0 Å². The number of benzene rings is 1. The van der Waals surface area contributed by atoms with Crippen LogP contribution in [0.25, 0.3) is 0 Å². The van der Waals surface area contributed by atoms with Crippen molar-refractivity contribution < 1.29 is 14.3 Å². The van der Waals surface area contributed by atoms with Crippen LogP contribution < -0.4 is 4.74 Å². The van der Waals surface area contributed by atoms with Gasteiger partial charge in [0, 0.05) is 0 Å². The molecule has 0 spiro atoms. The highest BCUT2D eigenvalue weighted by molar-refractivity contribution is 5.75. The largest absolute Gasteiger partial charge is 0.494 e. The van der Waals surface area contributed by atoms with Gasteiger partial charge < -0.3 is 9.47 Å². The Hall–Kier alpha value is -1.51. The first-order valence-corrected chi connectivity index (χ1v) is 7.38. The molecule has 0 N–H and O–H groups in total. The second-order valence-corrected chi connectivity index (χ2v) is 5.74. The van der Waals surface area contributed by atoms with Gasteiger partial charge in [0.05, 0.1) is 19.6 Å². The summed E-state index contributed by atoms with van der Waals surface area (Å²) in [4.78, 5) is 11.5. The number of rotatable bonds is 6. The lowest BCUT2D eigenvalue weighted by Crippen LogP contribution is -2.06. The average molecular weight is 276 g/mol. The third-order valence-electron chi connectivity index (χ3n) is 4.08. The zero-order valence-electron chi connectivity index (χ0n) is 12.8. The number of hydrogen-bond donors (Lipinski definition) is 0. The molecule has 3 atom stereocenters. The Morgan fingerprint density at radius 3 is 2.85 bits per heavy atom. The summed E-state index contributed by atoms with van der Waals surface area (Å²) < 4.78 is 10.5. The van der Waals surface area contributed by atoms with Crippen LogP contribution in [0.5, 0.6) is 5.75 Å². The monoisotopic (exact) mass is 276 g/mol. The Kier molecular flexibility index (Phi) is 4.69. The zero-order chi connectivity index (χ0) is 14.7. The van der Waals surface area contributed by atoms with E-state index in [9.17, 15) is 4.79 Å². The fraction of sp³-hybridized carbons (Fsp3) is 0.588. The van der Waals surface area contributed by atoms with Crippen molar-refractivity contribution in [3.8, 4) is 5.75 Å². The van der Waals surface area contributed by atoms with E-state index in [4.69, 9.17) is 9.47 Å². The molecule has 1 aromatic rings. The van der Waals surface area contributed by atoms with Crippen molar-refractivity contribution in [1.29, 1.82) is 0 Å². The number of esters is 1. The van der Waals surface area contributed by atoms with Crippen molar-refractivity contribution in [2.24, 2.45) is 11.8 Å². The first kappa shape index (κ1) is 14.9. The third-order valence-corrected chi connectivity index (χ3v) is 4.08. The minimum atomic E-state index is -0.0588. The van der Waals surface area contributed by atoms with Crippen LogP contribution in [0.2, 0.25) is 0 Å².